The Balaban J connectivity index is 1.62. The first-order valence-electron chi connectivity index (χ1n) is 14.0. The Kier molecular flexibility index (Phi) is 7.68. The van der Waals surface area contributed by atoms with Crippen LogP contribution in [0.4, 0.5) is 0 Å². The van der Waals surface area contributed by atoms with Gasteiger partial charge in [0.2, 0.25) is 0 Å². The molecule has 0 radical (unpaired) electrons. The van der Waals surface area contributed by atoms with Crippen LogP contribution in [0.1, 0.15) is 67.3 Å². The van der Waals surface area contributed by atoms with Crippen LogP contribution in [0.25, 0.3) is 28.1 Å². The van der Waals surface area contributed by atoms with E-state index in [1.54, 1.807) is 0 Å². The Morgan fingerprint density at radius 2 is 1.90 bits per heavy atom. The molecule has 4 heterocycles. The smallest absolute Gasteiger partial charge is 0.338 e. The predicted molar refractivity (Wildman–Crippen MR) is 158 cm³/mol. The molecule has 208 valence electrons. The van der Waals surface area contributed by atoms with Gasteiger partial charge in [0.1, 0.15) is 23.7 Å². The van der Waals surface area contributed by atoms with Crippen molar-refractivity contribution in [2.24, 2.45) is 0 Å². The van der Waals surface area contributed by atoms with Gasteiger partial charge in [0, 0.05) is 38.2 Å². The zero-order valence-electron chi connectivity index (χ0n) is 24.2. The minimum absolute atomic E-state index is 0.134. The molecule has 9 heteroatoms. The van der Waals surface area contributed by atoms with Gasteiger partial charge in [-0.1, -0.05) is 19.6 Å². The van der Waals surface area contributed by atoms with Gasteiger partial charge in [-0.15, -0.1) is 0 Å². The van der Waals surface area contributed by atoms with Gasteiger partial charge in [0.15, 0.2) is 0 Å². The summed E-state index contributed by atoms with van der Waals surface area (Å²) in [5.74, 6) is 0.112. The summed E-state index contributed by atoms with van der Waals surface area (Å²) >= 11 is 0. The van der Waals surface area contributed by atoms with Crippen LogP contribution in [-0.2, 0) is 16.2 Å². The Morgan fingerprint density at radius 1 is 1.13 bits per heavy atom. The Hall–Kier alpha value is -3.01. The van der Waals surface area contributed by atoms with Crippen molar-refractivity contribution in [1.29, 1.82) is 0 Å². The summed E-state index contributed by atoms with van der Waals surface area (Å²) < 4.78 is 16.0. The topological polar surface area (TPSA) is 82.7 Å². The van der Waals surface area contributed by atoms with Crippen molar-refractivity contribution in [3.63, 3.8) is 0 Å². The summed E-state index contributed by atoms with van der Waals surface area (Å²) in [5.41, 5.74) is 6.26. The summed E-state index contributed by atoms with van der Waals surface area (Å²) in [6.45, 7) is 14.1. The second kappa shape index (κ2) is 10.9. The van der Waals surface area contributed by atoms with Crippen LogP contribution in [0.15, 0.2) is 36.5 Å². The number of ether oxygens (including phenoxy) is 2. The number of aromatic nitrogens is 4. The number of esters is 1. The van der Waals surface area contributed by atoms with Gasteiger partial charge >= 0.3 is 5.97 Å². The molecule has 8 nitrogen and oxygen atoms in total. The standard InChI is InChI=1S/C30H41N5O3Si/c1-19(2)38-30(36)23-12-13-34-26(17-23)33-27(28(34)21-8-9-21)25-16-22-10-11-24(20(3)31-4)32-29(22)35(25)18-37-14-15-39(5,6)7/h10-13,16-17,19-21,31H,8-9,14-15,18H2,1-7H3/t20-/m1/s1. The van der Waals surface area contributed by atoms with E-state index >= 15 is 0 Å². The lowest BCUT2D eigenvalue weighted by atomic mass is 10.1. The number of imidazole rings is 1. The van der Waals surface area contributed by atoms with Gasteiger partial charge < -0.3 is 19.2 Å². The van der Waals surface area contributed by atoms with Crippen molar-refractivity contribution in [3.8, 4) is 11.4 Å². The molecule has 0 unspecified atom stereocenters. The molecule has 0 aliphatic heterocycles. The lowest BCUT2D eigenvalue weighted by molar-refractivity contribution is 0.0378. The van der Waals surface area contributed by atoms with Crippen molar-refractivity contribution in [2.45, 2.75) is 84.1 Å². The van der Waals surface area contributed by atoms with E-state index in [-0.39, 0.29) is 18.1 Å². The van der Waals surface area contributed by atoms with Gasteiger partial charge in [0.25, 0.3) is 0 Å². The first kappa shape index (κ1) is 27.5. The number of pyridine rings is 2. The molecule has 4 aromatic rings. The van der Waals surface area contributed by atoms with Gasteiger partial charge in [0.05, 0.1) is 28.7 Å². The summed E-state index contributed by atoms with van der Waals surface area (Å²) in [4.78, 5) is 22.8. The molecule has 39 heavy (non-hydrogen) atoms. The third-order valence-corrected chi connectivity index (χ3v) is 9.01. The van der Waals surface area contributed by atoms with Crippen LogP contribution >= 0.6 is 0 Å². The summed E-state index contributed by atoms with van der Waals surface area (Å²) in [6.07, 6.45) is 4.05. The maximum absolute atomic E-state index is 12.6. The first-order valence-corrected chi connectivity index (χ1v) is 17.7. The number of carbonyl (C=O) groups is 1. The van der Waals surface area contributed by atoms with Crippen LogP contribution in [0.3, 0.4) is 0 Å². The van der Waals surface area contributed by atoms with Crippen LogP contribution in [-0.4, -0.2) is 52.7 Å². The van der Waals surface area contributed by atoms with Gasteiger partial charge in [-0.05, 0) is 77.0 Å². The maximum Gasteiger partial charge on any atom is 0.338 e. The van der Waals surface area contributed by atoms with Crippen molar-refractivity contribution >= 4 is 30.7 Å². The number of fused-ring (bicyclic) bond motifs is 2. The van der Waals surface area contributed by atoms with Crippen LogP contribution < -0.4 is 5.32 Å². The predicted octanol–water partition coefficient (Wildman–Crippen LogP) is 6.39. The third-order valence-electron chi connectivity index (χ3n) is 7.31. The highest BCUT2D eigenvalue weighted by Crippen LogP contribution is 2.45. The molecular formula is C30H41N5O3Si. The van der Waals surface area contributed by atoms with Crippen molar-refractivity contribution in [2.75, 3.05) is 13.7 Å². The summed E-state index contributed by atoms with van der Waals surface area (Å²) in [5, 5.41) is 4.36. The van der Waals surface area contributed by atoms with E-state index < -0.39 is 8.07 Å². The van der Waals surface area contributed by atoms with Crippen LogP contribution in [0.5, 0.6) is 0 Å². The molecule has 1 aliphatic carbocycles. The molecule has 5 rings (SSSR count). The number of nitrogens with zero attached hydrogens (tertiary/aromatic N) is 4. The van der Waals surface area contributed by atoms with Gasteiger partial charge in [-0.2, -0.15) is 0 Å². The van der Waals surface area contributed by atoms with Crippen molar-refractivity contribution in [1.82, 2.24) is 24.3 Å². The molecule has 0 amide bonds. The lowest BCUT2D eigenvalue weighted by Gasteiger charge is -2.17. The summed E-state index contributed by atoms with van der Waals surface area (Å²) in [7, 11) is 0.735. The molecule has 0 saturated heterocycles. The normalized spacial score (nSPS) is 15.0. The number of nitrogens with one attached hydrogen (secondary N) is 1. The first-order chi connectivity index (χ1) is 18.6. The van der Waals surface area contributed by atoms with E-state index in [2.05, 4.69) is 59.0 Å². The summed E-state index contributed by atoms with van der Waals surface area (Å²) in [6, 6.07) is 11.3. The fourth-order valence-corrected chi connectivity index (χ4v) is 5.56. The van der Waals surface area contributed by atoms with Crippen LogP contribution in [0.2, 0.25) is 25.7 Å². The third kappa shape index (κ3) is 5.95. The average molecular weight is 548 g/mol. The zero-order valence-corrected chi connectivity index (χ0v) is 25.2. The second-order valence-corrected chi connectivity index (χ2v) is 17.8. The molecule has 1 N–H and O–H groups in total. The number of carbonyl (C=O) groups excluding carboxylic acids is 1. The molecule has 0 bridgehead atoms. The molecule has 1 fully saturated rings. The van der Waals surface area contributed by atoms with Crippen molar-refractivity contribution in [3.05, 3.63) is 53.5 Å². The fraction of sp³-hybridized carbons (Fsp3) is 0.500. The monoisotopic (exact) mass is 547 g/mol. The Labute approximate surface area is 231 Å². The molecule has 0 aromatic carbocycles. The SMILES string of the molecule is CN[C@H](C)c1ccc2cc(-c3nc4cc(C(=O)OC(C)C)ccn4c3C3CC3)n(COCC[Si](C)(C)C)c2n1. The minimum Gasteiger partial charge on any atom is -0.459 e. The Bertz CT molecular complexity index is 1500. The van der Waals surface area contributed by atoms with Crippen LogP contribution in [0, 0.1) is 0 Å². The molecule has 4 aromatic heterocycles. The van der Waals surface area contributed by atoms with E-state index in [0.29, 0.717) is 18.2 Å². The van der Waals surface area contributed by atoms with Crippen molar-refractivity contribution < 1.29 is 14.3 Å². The molecule has 0 spiro atoms. The van der Waals surface area contributed by atoms with E-state index in [1.165, 1.54) is 5.69 Å². The minimum atomic E-state index is -1.21. The second-order valence-electron chi connectivity index (χ2n) is 12.2. The highest BCUT2D eigenvalue weighted by Gasteiger charge is 2.32. The van der Waals surface area contributed by atoms with Gasteiger partial charge in [-0.25, -0.2) is 14.8 Å². The van der Waals surface area contributed by atoms with E-state index in [0.717, 1.165) is 59.3 Å². The molecule has 1 atom stereocenters. The van der Waals surface area contributed by atoms with Gasteiger partial charge in [-0.3, -0.25) is 4.57 Å². The largest absolute Gasteiger partial charge is 0.459 e. The number of rotatable bonds is 11. The van der Waals surface area contributed by atoms with E-state index in [9.17, 15) is 4.79 Å². The lowest BCUT2D eigenvalue weighted by Crippen LogP contribution is -2.22. The van der Waals surface area contributed by atoms with E-state index in [1.807, 2.05) is 39.2 Å². The molecular weight excluding hydrogens is 506 g/mol. The molecule has 1 saturated carbocycles. The highest BCUT2D eigenvalue weighted by atomic mass is 28.3. The zero-order chi connectivity index (χ0) is 27.9. The average Bonchev–Trinajstić information content (AvgIpc) is 3.55. The Morgan fingerprint density at radius 3 is 2.56 bits per heavy atom. The highest BCUT2D eigenvalue weighted by molar-refractivity contribution is 6.76. The quantitative estimate of drug-likeness (QED) is 0.133. The maximum atomic E-state index is 12.6. The molecule has 1 aliphatic rings. The fourth-order valence-electron chi connectivity index (χ4n) is 4.80. The van der Waals surface area contributed by atoms with E-state index in [4.69, 9.17) is 19.4 Å². The number of hydrogen-bond donors (Lipinski definition) is 1. The number of hydrogen-bond acceptors (Lipinski definition) is 6.